The molecule has 0 N–H and O–H groups in total. The molecule has 1 aromatic rings. The van der Waals surface area contributed by atoms with Crippen molar-refractivity contribution in [2.45, 2.75) is 27.2 Å². The highest BCUT2D eigenvalue weighted by Crippen LogP contribution is 2.36. The van der Waals surface area contributed by atoms with Gasteiger partial charge in [-0.1, -0.05) is 25.4 Å². The molecule has 1 heterocycles. The summed E-state index contributed by atoms with van der Waals surface area (Å²) in [7, 11) is 1.46. The summed E-state index contributed by atoms with van der Waals surface area (Å²) in [6, 6.07) is 2.95. The van der Waals surface area contributed by atoms with E-state index in [2.05, 4.69) is 13.8 Å². The van der Waals surface area contributed by atoms with Gasteiger partial charge in [-0.2, -0.15) is 0 Å². The lowest BCUT2D eigenvalue weighted by Crippen LogP contribution is -2.44. The van der Waals surface area contributed by atoms with Gasteiger partial charge in [-0.3, -0.25) is 4.79 Å². The second-order valence-corrected chi connectivity index (χ2v) is 7.15. The number of benzene rings is 1. The van der Waals surface area contributed by atoms with Crippen LogP contribution in [0.4, 0.5) is 0 Å². The van der Waals surface area contributed by atoms with Gasteiger partial charge in [-0.05, 0) is 37.3 Å². The lowest BCUT2D eigenvalue weighted by Gasteiger charge is -2.34. The molecule has 1 saturated heterocycles. The highest BCUT2D eigenvalue weighted by Gasteiger charge is 2.26. The van der Waals surface area contributed by atoms with Gasteiger partial charge >= 0.3 is 5.97 Å². The molecule has 1 aliphatic rings. The van der Waals surface area contributed by atoms with Crippen molar-refractivity contribution in [1.82, 2.24) is 4.90 Å². The van der Waals surface area contributed by atoms with Crippen LogP contribution in [0.25, 0.3) is 0 Å². The zero-order valence-electron chi connectivity index (χ0n) is 15.7. The molecule has 1 aliphatic heterocycles. The molecule has 6 nitrogen and oxygen atoms in total. The number of hydrogen-bond donors (Lipinski definition) is 0. The summed E-state index contributed by atoms with van der Waals surface area (Å²) in [5, 5.41) is 0.253. The molecule has 26 heavy (non-hydrogen) atoms. The van der Waals surface area contributed by atoms with E-state index >= 15 is 0 Å². The number of piperidine rings is 1. The van der Waals surface area contributed by atoms with Gasteiger partial charge in [0.1, 0.15) is 0 Å². The van der Waals surface area contributed by atoms with Crippen LogP contribution in [-0.2, 0) is 9.53 Å². The third-order valence-corrected chi connectivity index (χ3v) is 4.58. The van der Waals surface area contributed by atoms with Crippen molar-refractivity contribution in [2.24, 2.45) is 11.8 Å². The van der Waals surface area contributed by atoms with Gasteiger partial charge in [0.15, 0.2) is 18.1 Å². The van der Waals surface area contributed by atoms with Crippen LogP contribution in [0.2, 0.25) is 5.02 Å². The van der Waals surface area contributed by atoms with Gasteiger partial charge in [-0.25, -0.2) is 4.79 Å². The predicted octanol–water partition coefficient (Wildman–Crippen LogP) is 3.41. The van der Waals surface area contributed by atoms with Crippen molar-refractivity contribution in [2.75, 3.05) is 33.4 Å². The van der Waals surface area contributed by atoms with Crippen molar-refractivity contribution in [3.05, 3.63) is 22.7 Å². The van der Waals surface area contributed by atoms with Gasteiger partial charge in [0.05, 0.1) is 24.3 Å². The maximum absolute atomic E-state index is 12.3. The summed E-state index contributed by atoms with van der Waals surface area (Å²) < 4.78 is 15.8. The Balaban J connectivity index is 2.01. The van der Waals surface area contributed by atoms with Crippen LogP contribution in [0.15, 0.2) is 12.1 Å². The molecule has 144 valence electrons. The molecule has 0 unspecified atom stereocenters. The summed E-state index contributed by atoms with van der Waals surface area (Å²) in [6.45, 7) is 7.59. The fraction of sp³-hybridized carbons (Fsp3) is 0.579. The SMILES string of the molecule is CCOc1c(Cl)cc(C(=O)OCC(=O)N2C[C@H](C)C[C@H](C)C2)cc1OC. The minimum atomic E-state index is -0.625. The summed E-state index contributed by atoms with van der Waals surface area (Å²) >= 11 is 6.16. The number of likely N-dealkylation sites (tertiary alicyclic amines) is 1. The molecule has 0 aromatic heterocycles. The molecule has 2 rings (SSSR count). The van der Waals surface area contributed by atoms with Crippen molar-refractivity contribution in [3.63, 3.8) is 0 Å². The Bertz CT molecular complexity index is 654. The van der Waals surface area contributed by atoms with Crippen LogP contribution in [0.5, 0.6) is 11.5 Å². The molecule has 0 bridgehead atoms. The number of methoxy groups -OCH3 is 1. The van der Waals surface area contributed by atoms with Crippen LogP contribution >= 0.6 is 11.6 Å². The Morgan fingerprint density at radius 2 is 1.88 bits per heavy atom. The number of hydrogen-bond acceptors (Lipinski definition) is 5. The molecular formula is C19H26ClNO5. The summed E-state index contributed by atoms with van der Waals surface area (Å²) in [6.07, 6.45) is 1.11. The highest BCUT2D eigenvalue weighted by atomic mass is 35.5. The lowest BCUT2D eigenvalue weighted by molar-refractivity contribution is -0.137. The summed E-state index contributed by atoms with van der Waals surface area (Å²) in [4.78, 5) is 26.4. The number of carbonyl (C=O) groups is 2. The predicted molar refractivity (Wildman–Crippen MR) is 99.0 cm³/mol. The molecule has 0 saturated carbocycles. The maximum Gasteiger partial charge on any atom is 0.338 e. The standard InChI is InChI=1S/C19H26ClNO5/c1-5-25-18-15(20)7-14(8-16(18)24-4)19(23)26-11-17(22)21-9-12(2)6-13(3)10-21/h7-8,12-13H,5-6,9-11H2,1-4H3/t12-,13+. The Morgan fingerprint density at radius 1 is 1.23 bits per heavy atom. The second-order valence-electron chi connectivity index (χ2n) is 6.74. The Hall–Kier alpha value is -1.95. The van der Waals surface area contributed by atoms with Gasteiger partial charge in [-0.15, -0.1) is 0 Å². The number of esters is 1. The van der Waals surface area contributed by atoms with E-state index in [1.54, 1.807) is 4.90 Å². The average molecular weight is 384 g/mol. The van der Waals surface area contributed by atoms with E-state index in [0.29, 0.717) is 43.0 Å². The number of nitrogens with zero attached hydrogens (tertiary/aromatic N) is 1. The van der Waals surface area contributed by atoms with E-state index in [0.717, 1.165) is 6.42 Å². The fourth-order valence-corrected chi connectivity index (χ4v) is 3.56. The van der Waals surface area contributed by atoms with E-state index in [1.807, 2.05) is 6.92 Å². The first-order valence-corrected chi connectivity index (χ1v) is 9.18. The van der Waals surface area contributed by atoms with Gasteiger partial charge in [0.25, 0.3) is 5.91 Å². The quantitative estimate of drug-likeness (QED) is 0.704. The minimum absolute atomic E-state index is 0.180. The van der Waals surface area contributed by atoms with E-state index in [1.165, 1.54) is 19.2 Å². The molecule has 1 amide bonds. The molecule has 0 radical (unpaired) electrons. The van der Waals surface area contributed by atoms with Crippen LogP contribution in [0.3, 0.4) is 0 Å². The molecular weight excluding hydrogens is 358 g/mol. The zero-order valence-corrected chi connectivity index (χ0v) is 16.5. The van der Waals surface area contributed by atoms with Gasteiger partial charge in [0.2, 0.25) is 0 Å². The Morgan fingerprint density at radius 3 is 2.46 bits per heavy atom. The first-order chi connectivity index (χ1) is 12.3. The minimum Gasteiger partial charge on any atom is -0.493 e. The van der Waals surface area contributed by atoms with Crippen LogP contribution in [-0.4, -0.2) is 50.2 Å². The first kappa shape index (κ1) is 20.4. The van der Waals surface area contributed by atoms with Crippen molar-refractivity contribution < 1.29 is 23.8 Å². The largest absolute Gasteiger partial charge is 0.493 e. The van der Waals surface area contributed by atoms with Crippen molar-refractivity contribution in [1.29, 1.82) is 0 Å². The van der Waals surface area contributed by atoms with E-state index in [4.69, 9.17) is 25.8 Å². The summed E-state index contributed by atoms with van der Waals surface area (Å²) in [5.74, 6) is 0.817. The molecule has 1 fully saturated rings. The topological polar surface area (TPSA) is 65.1 Å². The van der Waals surface area contributed by atoms with Crippen molar-refractivity contribution in [3.8, 4) is 11.5 Å². The van der Waals surface area contributed by atoms with Gasteiger partial charge < -0.3 is 19.1 Å². The molecule has 0 aliphatic carbocycles. The van der Waals surface area contributed by atoms with E-state index in [-0.39, 0.29) is 23.1 Å². The lowest BCUT2D eigenvalue weighted by atomic mass is 9.92. The number of carbonyl (C=O) groups excluding carboxylic acids is 2. The first-order valence-electron chi connectivity index (χ1n) is 8.80. The van der Waals surface area contributed by atoms with Crippen LogP contribution in [0.1, 0.15) is 37.6 Å². The number of ether oxygens (including phenoxy) is 3. The molecule has 2 atom stereocenters. The number of rotatable bonds is 6. The molecule has 1 aromatic carbocycles. The normalized spacial score (nSPS) is 19.8. The number of amides is 1. The van der Waals surface area contributed by atoms with Crippen LogP contribution < -0.4 is 9.47 Å². The van der Waals surface area contributed by atoms with Crippen molar-refractivity contribution >= 4 is 23.5 Å². The zero-order chi connectivity index (χ0) is 19.3. The van der Waals surface area contributed by atoms with Gasteiger partial charge in [0, 0.05) is 13.1 Å². The third-order valence-electron chi connectivity index (χ3n) is 4.30. The third kappa shape index (κ3) is 5.04. The summed E-state index contributed by atoms with van der Waals surface area (Å²) in [5.41, 5.74) is 0.212. The monoisotopic (exact) mass is 383 g/mol. The van der Waals surface area contributed by atoms with E-state index in [9.17, 15) is 9.59 Å². The smallest absolute Gasteiger partial charge is 0.338 e. The maximum atomic E-state index is 12.3. The van der Waals surface area contributed by atoms with Crippen LogP contribution in [0, 0.1) is 11.8 Å². The van der Waals surface area contributed by atoms with E-state index < -0.39 is 5.97 Å². The fourth-order valence-electron chi connectivity index (χ4n) is 3.29. The second kappa shape index (κ2) is 9.12. The Labute approximate surface area is 159 Å². The number of halogens is 1. The highest BCUT2D eigenvalue weighted by molar-refractivity contribution is 6.32. The molecule has 0 spiro atoms. The molecule has 7 heteroatoms. The Kier molecular flexibility index (Phi) is 7.14. The average Bonchev–Trinajstić information content (AvgIpc) is 2.60.